The van der Waals surface area contributed by atoms with Crippen LogP contribution in [0.3, 0.4) is 0 Å². The standard InChI is InChI=1S/C10H15/c1-7-4-5-8-6-9(7)10(8,2)3/h4-5,8-9H,6H2,1-3H3. The summed E-state index contributed by atoms with van der Waals surface area (Å²) in [7, 11) is 0. The van der Waals surface area contributed by atoms with E-state index >= 15 is 0 Å². The Balaban J connectivity index is 2.28. The van der Waals surface area contributed by atoms with Gasteiger partial charge in [-0.1, -0.05) is 32.9 Å². The molecule has 0 spiro atoms. The van der Waals surface area contributed by atoms with Gasteiger partial charge < -0.3 is 0 Å². The van der Waals surface area contributed by atoms with Crippen LogP contribution in [-0.2, 0) is 0 Å². The van der Waals surface area contributed by atoms with Gasteiger partial charge in [0.15, 0.2) is 0 Å². The van der Waals surface area contributed by atoms with Gasteiger partial charge in [0.05, 0.1) is 0 Å². The molecule has 0 aromatic rings. The average Bonchev–Trinajstić information content (AvgIpc) is 1.87. The molecule has 0 aliphatic heterocycles. The molecule has 3 rings (SSSR count). The predicted octanol–water partition coefficient (Wildman–Crippen LogP) is 2.81. The van der Waals surface area contributed by atoms with Crippen LogP contribution in [0, 0.1) is 23.2 Å². The largest absolute Gasteiger partial charge is 0.0843 e. The van der Waals surface area contributed by atoms with Gasteiger partial charge in [-0.2, -0.15) is 0 Å². The van der Waals surface area contributed by atoms with Gasteiger partial charge in [0.25, 0.3) is 0 Å². The van der Waals surface area contributed by atoms with Crippen molar-refractivity contribution in [3.8, 4) is 0 Å². The van der Waals surface area contributed by atoms with E-state index in [1.54, 1.807) is 5.92 Å². The first-order valence-corrected chi connectivity index (χ1v) is 4.14. The maximum Gasteiger partial charge on any atom is -0.00216 e. The van der Waals surface area contributed by atoms with Crippen LogP contribution >= 0.6 is 0 Å². The summed E-state index contributed by atoms with van der Waals surface area (Å²) in [6, 6.07) is 0. The second-order valence-corrected chi connectivity index (χ2v) is 4.32. The van der Waals surface area contributed by atoms with Crippen LogP contribution < -0.4 is 0 Å². The van der Waals surface area contributed by atoms with Crippen molar-refractivity contribution in [2.45, 2.75) is 27.2 Å². The van der Waals surface area contributed by atoms with E-state index in [0.717, 1.165) is 11.8 Å². The lowest BCUT2D eigenvalue weighted by atomic mass is 9.48. The summed E-state index contributed by atoms with van der Waals surface area (Å²) >= 11 is 0. The van der Waals surface area contributed by atoms with E-state index in [-0.39, 0.29) is 0 Å². The van der Waals surface area contributed by atoms with Crippen LogP contribution in [-0.4, -0.2) is 0 Å². The quantitative estimate of drug-likeness (QED) is 0.479. The van der Waals surface area contributed by atoms with Crippen LogP contribution in [0.2, 0.25) is 0 Å². The molecule has 3 aliphatic carbocycles. The molecule has 1 saturated carbocycles. The highest BCUT2D eigenvalue weighted by Gasteiger charge is 2.50. The van der Waals surface area contributed by atoms with E-state index in [4.69, 9.17) is 0 Å². The lowest BCUT2D eigenvalue weighted by Gasteiger charge is -2.56. The molecule has 1 fully saturated rings. The van der Waals surface area contributed by atoms with Crippen LogP contribution in [0.5, 0.6) is 0 Å². The lowest BCUT2D eigenvalue weighted by molar-refractivity contribution is 0.0176. The summed E-state index contributed by atoms with van der Waals surface area (Å²) in [5, 5.41) is 0. The number of allylic oxidation sites excluding steroid dienone is 2. The van der Waals surface area contributed by atoms with Gasteiger partial charge in [-0.15, -0.1) is 0 Å². The minimum atomic E-state index is 0.582. The second-order valence-electron chi connectivity index (χ2n) is 4.32. The molecule has 0 heterocycles. The van der Waals surface area contributed by atoms with Crippen LogP contribution in [0.15, 0.2) is 12.2 Å². The maximum absolute atomic E-state index is 2.39. The van der Waals surface area contributed by atoms with Crippen molar-refractivity contribution in [2.75, 3.05) is 0 Å². The van der Waals surface area contributed by atoms with Crippen LogP contribution in [0.4, 0.5) is 0 Å². The summed E-state index contributed by atoms with van der Waals surface area (Å²) in [6.45, 7) is 7.04. The number of hydrogen-bond acceptors (Lipinski definition) is 0. The smallest absolute Gasteiger partial charge is 0.00216 e. The Hall–Kier alpha value is -0.260. The Morgan fingerprint density at radius 3 is 2.50 bits per heavy atom. The van der Waals surface area contributed by atoms with E-state index in [1.165, 1.54) is 6.42 Å². The van der Waals surface area contributed by atoms with E-state index in [1.807, 2.05) is 0 Å². The zero-order valence-corrected chi connectivity index (χ0v) is 7.02. The summed E-state index contributed by atoms with van der Waals surface area (Å²) in [5.41, 5.74) is 0.582. The minimum Gasteiger partial charge on any atom is -0.0843 e. The first-order valence-electron chi connectivity index (χ1n) is 4.14. The molecule has 3 aliphatic rings. The van der Waals surface area contributed by atoms with Crippen LogP contribution in [0.1, 0.15) is 27.2 Å². The number of rotatable bonds is 0. The third-order valence-corrected chi connectivity index (χ3v) is 3.48. The lowest BCUT2D eigenvalue weighted by Crippen LogP contribution is -2.48. The molecule has 0 N–H and O–H groups in total. The minimum absolute atomic E-state index is 0.582. The Kier molecular flexibility index (Phi) is 1.07. The van der Waals surface area contributed by atoms with Gasteiger partial charge in [0, 0.05) is 0 Å². The molecule has 0 amide bonds. The molecule has 0 heteroatoms. The van der Waals surface area contributed by atoms with Crippen molar-refractivity contribution in [1.29, 1.82) is 0 Å². The SMILES string of the molecule is C[C]1C=CC2CC1C2(C)C. The van der Waals surface area contributed by atoms with Crippen molar-refractivity contribution in [1.82, 2.24) is 0 Å². The predicted molar refractivity (Wildman–Crippen MR) is 43.4 cm³/mol. The molecule has 10 heavy (non-hydrogen) atoms. The fourth-order valence-corrected chi connectivity index (χ4v) is 2.44. The molecule has 0 saturated heterocycles. The number of fused-ring (bicyclic) bond motifs is 1. The van der Waals surface area contributed by atoms with E-state index in [0.29, 0.717) is 5.41 Å². The summed E-state index contributed by atoms with van der Waals surface area (Å²) in [5.74, 6) is 3.36. The fraction of sp³-hybridized carbons (Fsp3) is 0.700. The van der Waals surface area contributed by atoms with E-state index in [2.05, 4.69) is 32.9 Å². The zero-order valence-electron chi connectivity index (χ0n) is 7.02. The molecule has 0 aromatic carbocycles. The highest BCUT2D eigenvalue weighted by molar-refractivity contribution is 5.28. The molecule has 0 nitrogen and oxygen atoms in total. The van der Waals surface area contributed by atoms with E-state index in [9.17, 15) is 0 Å². The third-order valence-electron chi connectivity index (χ3n) is 3.48. The topological polar surface area (TPSA) is 0 Å². The normalized spacial score (nSPS) is 43.1. The van der Waals surface area contributed by atoms with Gasteiger partial charge in [0.1, 0.15) is 0 Å². The van der Waals surface area contributed by atoms with Crippen molar-refractivity contribution in [3.63, 3.8) is 0 Å². The average molecular weight is 135 g/mol. The van der Waals surface area contributed by atoms with E-state index < -0.39 is 0 Å². The molecule has 0 aromatic heterocycles. The monoisotopic (exact) mass is 135 g/mol. The Bertz CT molecular complexity index is 176. The summed E-state index contributed by atoms with van der Waals surface area (Å²) < 4.78 is 0. The first kappa shape index (κ1) is 6.45. The molecular formula is C10H15. The van der Waals surface area contributed by atoms with Crippen molar-refractivity contribution in [2.24, 2.45) is 17.3 Å². The zero-order chi connectivity index (χ0) is 7.35. The molecule has 55 valence electrons. The Labute approximate surface area is 63.3 Å². The molecule has 2 unspecified atom stereocenters. The van der Waals surface area contributed by atoms with Crippen molar-refractivity contribution >= 4 is 0 Å². The van der Waals surface area contributed by atoms with Crippen molar-refractivity contribution < 1.29 is 0 Å². The van der Waals surface area contributed by atoms with Crippen LogP contribution in [0.25, 0.3) is 0 Å². The summed E-state index contributed by atoms with van der Waals surface area (Å²) in [4.78, 5) is 0. The first-order chi connectivity index (χ1) is 4.62. The third kappa shape index (κ3) is 0.574. The van der Waals surface area contributed by atoms with Crippen molar-refractivity contribution in [3.05, 3.63) is 18.1 Å². The highest BCUT2D eigenvalue weighted by atomic mass is 14.5. The van der Waals surface area contributed by atoms with Gasteiger partial charge in [-0.05, 0) is 29.6 Å². The Morgan fingerprint density at radius 2 is 2.20 bits per heavy atom. The number of hydrogen-bond donors (Lipinski definition) is 0. The summed E-state index contributed by atoms with van der Waals surface area (Å²) in [6.07, 6.45) is 6.11. The highest BCUT2D eigenvalue weighted by Crippen LogP contribution is 2.58. The van der Waals surface area contributed by atoms with Gasteiger partial charge in [0.2, 0.25) is 0 Å². The second kappa shape index (κ2) is 1.66. The van der Waals surface area contributed by atoms with Gasteiger partial charge in [-0.3, -0.25) is 0 Å². The van der Waals surface area contributed by atoms with Gasteiger partial charge >= 0.3 is 0 Å². The molecular weight excluding hydrogens is 120 g/mol. The molecule has 1 radical (unpaired) electrons. The maximum atomic E-state index is 2.39. The molecule has 2 bridgehead atoms. The Morgan fingerprint density at radius 1 is 1.50 bits per heavy atom. The fourth-order valence-electron chi connectivity index (χ4n) is 2.44. The van der Waals surface area contributed by atoms with Gasteiger partial charge in [-0.25, -0.2) is 0 Å². The molecule has 2 atom stereocenters.